The number of hydrogen-bond donors (Lipinski definition) is 0. The maximum Gasteiger partial charge on any atom is 0.307 e. The van der Waals surface area contributed by atoms with Gasteiger partial charge in [0.25, 0.3) is 0 Å². The number of halogens is 3. The van der Waals surface area contributed by atoms with E-state index in [1.807, 2.05) is 0 Å². The van der Waals surface area contributed by atoms with Gasteiger partial charge in [-0.05, 0) is 67.8 Å². The van der Waals surface area contributed by atoms with E-state index in [1.54, 1.807) is 0 Å². The average Bonchev–Trinajstić information content (AvgIpc) is 2.11. The molecular formula is C7H9I3O3. The van der Waals surface area contributed by atoms with Crippen LogP contribution in [0.2, 0.25) is 0 Å². The topological polar surface area (TPSA) is 35.5 Å². The zero-order chi connectivity index (χ0) is 10.3. The Balaban J connectivity index is 3.47. The van der Waals surface area contributed by atoms with E-state index in [2.05, 4.69) is 72.5 Å². The molecule has 0 aromatic heterocycles. The van der Waals surface area contributed by atoms with Crippen molar-refractivity contribution in [2.75, 3.05) is 20.3 Å². The van der Waals surface area contributed by atoms with E-state index in [0.717, 1.165) is 3.58 Å². The molecule has 0 unspecified atom stereocenters. The van der Waals surface area contributed by atoms with E-state index >= 15 is 0 Å². The summed E-state index contributed by atoms with van der Waals surface area (Å²) in [5, 5.41) is 0. The maximum absolute atomic E-state index is 10.7. The normalized spacial score (nSPS) is 9.54. The Hall–Kier alpha value is 1.36. The first kappa shape index (κ1) is 14.4. The van der Waals surface area contributed by atoms with Gasteiger partial charge >= 0.3 is 5.97 Å². The number of hydrogen-bond acceptors (Lipinski definition) is 3. The predicted molar refractivity (Wildman–Crippen MR) is 76.5 cm³/mol. The van der Waals surface area contributed by atoms with E-state index in [9.17, 15) is 4.79 Å². The summed E-state index contributed by atoms with van der Waals surface area (Å²) < 4.78 is 12.1. The lowest BCUT2D eigenvalue weighted by molar-refractivity contribution is -0.141. The Labute approximate surface area is 118 Å². The lowest BCUT2D eigenvalue weighted by Gasteiger charge is -2.02. The van der Waals surface area contributed by atoms with Crippen LogP contribution in [0.3, 0.4) is 0 Å². The first-order valence-corrected chi connectivity index (χ1v) is 6.65. The Kier molecular flexibility index (Phi) is 9.56. The number of ether oxygens (including phenoxy) is 2. The van der Waals surface area contributed by atoms with Gasteiger partial charge in [-0.1, -0.05) is 0 Å². The number of carbonyl (C=O) groups excluding carboxylic acids is 1. The highest BCUT2D eigenvalue weighted by Gasteiger charge is 2.01. The van der Waals surface area contributed by atoms with Crippen LogP contribution in [0, 0.1) is 0 Å². The third-order valence-electron chi connectivity index (χ3n) is 1.11. The number of rotatable bonds is 5. The van der Waals surface area contributed by atoms with Gasteiger partial charge in [-0.25, -0.2) is 0 Å². The van der Waals surface area contributed by atoms with Crippen molar-refractivity contribution in [3.8, 4) is 0 Å². The molecule has 13 heavy (non-hydrogen) atoms. The summed E-state index contributed by atoms with van der Waals surface area (Å²) in [6.45, 7) is 0.985. The van der Waals surface area contributed by atoms with Gasteiger partial charge in [0.1, 0.15) is 0 Å². The first-order valence-electron chi connectivity index (χ1n) is 3.42. The molecule has 0 rings (SSSR count). The molecule has 0 bridgehead atoms. The van der Waals surface area contributed by atoms with Crippen LogP contribution in [0.5, 0.6) is 0 Å². The van der Waals surface area contributed by atoms with E-state index in [-0.39, 0.29) is 5.97 Å². The van der Waals surface area contributed by atoms with Crippen LogP contribution in [-0.2, 0) is 14.3 Å². The zero-order valence-electron chi connectivity index (χ0n) is 6.98. The monoisotopic (exact) mass is 522 g/mol. The second-order valence-corrected chi connectivity index (χ2v) is 7.57. The lowest BCUT2D eigenvalue weighted by Crippen LogP contribution is -2.06. The molecule has 3 nitrogen and oxygen atoms in total. The minimum atomic E-state index is -0.233. The van der Waals surface area contributed by atoms with Gasteiger partial charge in [-0.2, -0.15) is 0 Å². The predicted octanol–water partition coefficient (Wildman–Crippen LogP) is 3.04. The van der Waals surface area contributed by atoms with Crippen LogP contribution in [0.15, 0.2) is 5.17 Å². The molecule has 0 aromatic carbocycles. The highest BCUT2D eigenvalue weighted by molar-refractivity contribution is 14.2. The molecule has 6 heteroatoms. The second kappa shape index (κ2) is 8.65. The molecular weight excluding hydrogens is 513 g/mol. The van der Waals surface area contributed by atoms with Gasteiger partial charge in [0.15, 0.2) is 0 Å². The number of methoxy groups -OCH3 is 1. The largest absolute Gasteiger partial charge is 0.469 e. The SMILES string of the molecule is COC(=O)CCOCC(I)=C(I)I. The minimum absolute atomic E-state index is 0.233. The Morgan fingerprint density at radius 2 is 1.92 bits per heavy atom. The van der Waals surface area contributed by atoms with Crippen LogP contribution < -0.4 is 0 Å². The van der Waals surface area contributed by atoms with Crippen molar-refractivity contribution in [1.82, 2.24) is 0 Å². The summed E-state index contributed by atoms with van der Waals surface area (Å²) in [4.78, 5) is 10.7. The standard InChI is InChI=1S/C7H9I3O3/c1-12-6(11)2-3-13-4-5(8)7(9)10/h2-4H2,1H3. The molecule has 0 spiro atoms. The number of carbonyl (C=O) groups is 1. The lowest BCUT2D eigenvalue weighted by atomic mass is 10.5. The summed E-state index contributed by atoms with van der Waals surface area (Å²) in [7, 11) is 1.37. The summed E-state index contributed by atoms with van der Waals surface area (Å²) in [6.07, 6.45) is 0.318. The Morgan fingerprint density at radius 1 is 1.31 bits per heavy atom. The highest BCUT2D eigenvalue weighted by atomic mass is 127. The second-order valence-electron chi connectivity index (χ2n) is 2.04. The zero-order valence-corrected chi connectivity index (χ0v) is 13.5. The molecule has 0 amide bonds. The molecule has 0 atom stereocenters. The molecule has 0 saturated carbocycles. The molecule has 0 aliphatic rings. The van der Waals surface area contributed by atoms with Gasteiger partial charge in [-0.15, -0.1) is 0 Å². The van der Waals surface area contributed by atoms with E-state index in [4.69, 9.17) is 4.74 Å². The Morgan fingerprint density at radius 3 is 2.38 bits per heavy atom. The van der Waals surface area contributed by atoms with Crippen LogP contribution in [0.1, 0.15) is 6.42 Å². The fraction of sp³-hybridized carbons (Fsp3) is 0.571. The van der Waals surface area contributed by atoms with Gasteiger partial charge in [-0.3, -0.25) is 4.79 Å². The summed E-state index contributed by atoms with van der Waals surface area (Å²) in [6, 6.07) is 0. The molecule has 0 N–H and O–H groups in total. The summed E-state index contributed by atoms with van der Waals surface area (Å²) >= 11 is 6.68. The van der Waals surface area contributed by atoms with Crippen molar-refractivity contribution < 1.29 is 14.3 Å². The Bertz CT molecular complexity index is 199. The fourth-order valence-corrected chi connectivity index (χ4v) is 1.01. The molecule has 0 saturated heterocycles. The van der Waals surface area contributed by atoms with Gasteiger partial charge < -0.3 is 9.47 Å². The van der Waals surface area contributed by atoms with Gasteiger partial charge in [0.05, 0.1) is 28.3 Å². The van der Waals surface area contributed by atoms with Gasteiger partial charge in [0, 0.05) is 3.58 Å². The smallest absolute Gasteiger partial charge is 0.307 e. The van der Waals surface area contributed by atoms with Crippen molar-refractivity contribution in [3.63, 3.8) is 0 Å². The number of esters is 1. The van der Waals surface area contributed by atoms with E-state index < -0.39 is 0 Å². The summed E-state index contributed by atoms with van der Waals surface area (Å²) in [5.74, 6) is -0.233. The molecule has 76 valence electrons. The van der Waals surface area contributed by atoms with Crippen LogP contribution in [-0.4, -0.2) is 26.3 Å². The van der Waals surface area contributed by atoms with Crippen molar-refractivity contribution in [2.45, 2.75) is 6.42 Å². The quantitative estimate of drug-likeness (QED) is 0.317. The maximum atomic E-state index is 10.7. The van der Waals surface area contributed by atoms with Crippen LogP contribution in [0.4, 0.5) is 0 Å². The minimum Gasteiger partial charge on any atom is -0.469 e. The molecule has 0 aliphatic heterocycles. The molecule has 0 aromatic rings. The fourth-order valence-electron chi connectivity index (χ4n) is 0.474. The third-order valence-corrected chi connectivity index (χ3v) is 5.33. The first-order chi connectivity index (χ1) is 6.07. The van der Waals surface area contributed by atoms with E-state index in [0.29, 0.717) is 19.6 Å². The molecule has 0 aliphatic carbocycles. The molecule has 0 radical (unpaired) electrons. The summed E-state index contributed by atoms with van der Waals surface area (Å²) in [5.41, 5.74) is 0. The van der Waals surface area contributed by atoms with E-state index in [1.165, 1.54) is 8.70 Å². The third kappa shape index (κ3) is 8.36. The molecule has 0 fully saturated rings. The molecule has 0 heterocycles. The van der Waals surface area contributed by atoms with Crippen molar-refractivity contribution in [3.05, 3.63) is 5.17 Å². The van der Waals surface area contributed by atoms with Crippen LogP contribution >= 0.6 is 67.8 Å². The van der Waals surface area contributed by atoms with Crippen molar-refractivity contribution >= 4 is 73.7 Å². The van der Waals surface area contributed by atoms with Crippen LogP contribution in [0.25, 0.3) is 0 Å². The van der Waals surface area contributed by atoms with Crippen molar-refractivity contribution in [2.24, 2.45) is 0 Å². The van der Waals surface area contributed by atoms with Gasteiger partial charge in [0.2, 0.25) is 0 Å². The highest BCUT2D eigenvalue weighted by Crippen LogP contribution is 2.25. The van der Waals surface area contributed by atoms with Crippen molar-refractivity contribution in [1.29, 1.82) is 0 Å². The average molecular weight is 522 g/mol.